The number of non-ortho nitro benzene ring substituents is 1. The van der Waals surface area contributed by atoms with E-state index in [2.05, 4.69) is 30.2 Å². The molecule has 0 unspecified atom stereocenters. The summed E-state index contributed by atoms with van der Waals surface area (Å²) in [5.41, 5.74) is 2.95. The number of hydrogen-bond donors (Lipinski definition) is 1. The van der Waals surface area contributed by atoms with E-state index in [1.54, 1.807) is 54.9 Å². The van der Waals surface area contributed by atoms with Crippen molar-refractivity contribution in [1.82, 2.24) is 19.8 Å². The Morgan fingerprint density at radius 2 is 1.76 bits per heavy atom. The van der Waals surface area contributed by atoms with Gasteiger partial charge in [0.05, 0.1) is 37.5 Å². The minimum absolute atomic E-state index is 0.0171. The Morgan fingerprint density at radius 3 is 2.47 bits per heavy atom. The molecule has 0 aliphatic heterocycles. The van der Waals surface area contributed by atoms with Gasteiger partial charge in [0.25, 0.3) is 11.6 Å². The van der Waals surface area contributed by atoms with Crippen LogP contribution in [0, 0.1) is 16.0 Å². The molecule has 0 spiro atoms. The summed E-state index contributed by atoms with van der Waals surface area (Å²) in [6.45, 7) is 5.12. The molecule has 4 aromatic carbocycles. The molecule has 0 saturated heterocycles. The lowest BCUT2D eigenvalue weighted by molar-refractivity contribution is -0.384. The van der Waals surface area contributed by atoms with Crippen molar-refractivity contribution in [3.05, 3.63) is 130 Å². The average molecular weight is 664 g/mol. The highest BCUT2D eigenvalue weighted by atomic mass is 16.6. The summed E-state index contributed by atoms with van der Waals surface area (Å²) in [4.78, 5) is 44.6. The molecule has 2 atom stereocenters. The van der Waals surface area contributed by atoms with Crippen molar-refractivity contribution < 1.29 is 24.0 Å². The number of fused-ring (bicyclic) bond motifs is 1. The van der Waals surface area contributed by atoms with Crippen LogP contribution < -0.4 is 14.8 Å². The number of aromatic nitrogens is 2. The largest absolute Gasteiger partial charge is 0.497 e. The fourth-order valence-corrected chi connectivity index (χ4v) is 5.87. The van der Waals surface area contributed by atoms with Crippen LogP contribution in [0.1, 0.15) is 47.4 Å². The molecule has 0 saturated carbocycles. The standard InChI is InChI=1S/C38H41N5O6/c1-5-26(2)35(40-37(44)19-31-21-39-25-42(31)22-27-13-15-30(16-14-27)43(46)47)24-41(23-29-11-8-10-28-9-6-7-12-33(28)29)38(45)34-18-17-32(48-3)20-36(34)49-4/h6-18,20-21,25-26,35H,5,19,22-24H2,1-4H3,(H,40,44)/t26-,35+/m0/s1. The van der Waals surface area contributed by atoms with Gasteiger partial charge in [-0.3, -0.25) is 19.7 Å². The highest BCUT2D eigenvalue weighted by Crippen LogP contribution is 2.28. The van der Waals surface area contributed by atoms with Gasteiger partial charge in [-0.25, -0.2) is 4.98 Å². The third-order valence-corrected chi connectivity index (χ3v) is 8.90. The third kappa shape index (κ3) is 8.42. The number of nitrogens with zero attached hydrogens (tertiary/aromatic N) is 4. The first-order valence-electron chi connectivity index (χ1n) is 16.2. The number of nitro groups is 1. The molecule has 5 rings (SSSR count). The lowest BCUT2D eigenvalue weighted by atomic mass is 9.97. The number of methoxy groups -OCH3 is 2. The lowest BCUT2D eigenvalue weighted by Gasteiger charge is -2.32. The third-order valence-electron chi connectivity index (χ3n) is 8.90. The molecule has 49 heavy (non-hydrogen) atoms. The van der Waals surface area contributed by atoms with Crippen LogP contribution in [0.25, 0.3) is 10.8 Å². The Kier molecular flexibility index (Phi) is 11.3. The number of ether oxygens (including phenoxy) is 2. The van der Waals surface area contributed by atoms with Crippen molar-refractivity contribution in [3.63, 3.8) is 0 Å². The number of amides is 2. The summed E-state index contributed by atoms with van der Waals surface area (Å²) in [7, 11) is 3.08. The maximum atomic E-state index is 14.4. The Hall–Kier alpha value is -5.71. The summed E-state index contributed by atoms with van der Waals surface area (Å²) >= 11 is 0. The number of hydrogen-bond acceptors (Lipinski definition) is 7. The van der Waals surface area contributed by atoms with Crippen LogP contribution in [0.3, 0.4) is 0 Å². The van der Waals surface area contributed by atoms with Crippen molar-refractivity contribution in [2.75, 3.05) is 20.8 Å². The Labute approximate surface area is 285 Å². The van der Waals surface area contributed by atoms with Gasteiger partial charge in [0, 0.05) is 55.8 Å². The SMILES string of the molecule is CC[C@H](C)[C@@H](CN(Cc1cccc2ccccc12)C(=O)c1ccc(OC)cc1OC)NC(=O)Cc1cncn1Cc1ccc([N+](=O)[O-])cc1. The second kappa shape index (κ2) is 15.9. The summed E-state index contributed by atoms with van der Waals surface area (Å²) in [5, 5.41) is 16.4. The number of rotatable bonds is 15. The van der Waals surface area contributed by atoms with Gasteiger partial charge in [-0.05, 0) is 39.9 Å². The molecule has 254 valence electrons. The van der Waals surface area contributed by atoms with E-state index >= 15 is 0 Å². The fraction of sp³-hybridized carbons (Fsp3) is 0.289. The van der Waals surface area contributed by atoms with Crippen molar-refractivity contribution in [3.8, 4) is 11.5 Å². The normalized spacial score (nSPS) is 12.2. The van der Waals surface area contributed by atoms with Crippen LogP contribution in [0.4, 0.5) is 5.69 Å². The molecule has 1 N–H and O–H groups in total. The van der Waals surface area contributed by atoms with Gasteiger partial charge in [-0.1, -0.05) is 74.9 Å². The van der Waals surface area contributed by atoms with Crippen LogP contribution in [-0.4, -0.2) is 58.0 Å². The van der Waals surface area contributed by atoms with Crippen LogP contribution in [0.2, 0.25) is 0 Å². The molecule has 1 aromatic heterocycles. The number of carbonyl (C=O) groups is 2. The van der Waals surface area contributed by atoms with Crippen molar-refractivity contribution in [2.24, 2.45) is 5.92 Å². The number of carbonyl (C=O) groups excluding carboxylic acids is 2. The van der Waals surface area contributed by atoms with Gasteiger partial charge < -0.3 is 24.3 Å². The smallest absolute Gasteiger partial charge is 0.269 e. The molecule has 11 nitrogen and oxygen atoms in total. The molecule has 5 aromatic rings. The van der Waals surface area contributed by atoms with Crippen LogP contribution in [0.5, 0.6) is 11.5 Å². The van der Waals surface area contributed by atoms with Gasteiger partial charge in [-0.15, -0.1) is 0 Å². The molecular weight excluding hydrogens is 622 g/mol. The molecular formula is C38H41N5O6. The maximum Gasteiger partial charge on any atom is 0.269 e. The summed E-state index contributed by atoms with van der Waals surface area (Å²) in [6, 6.07) is 25.2. The summed E-state index contributed by atoms with van der Waals surface area (Å²) in [5.74, 6) is 0.602. The molecule has 0 fully saturated rings. The first-order chi connectivity index (χ1) is 23.7. The Bertz CT molecular complexity index is 1920. The second-order valence-electron chi connectivity index (χ2n) is 12.1. The zero-order valence-corrected chi connectivity index (χ0v) is 28.2. The topological polar surface area (TPSA) is 129 Å². The van der Waals surface area contributed by atoms with E-state index in [0.717, 1.165) is 28.3 Å². The zero-order valence-electron chi connectivity index (χ0n) is 28.2. The first kappa shape index (κ1) is 34.6. The minimum Gasteiger partial charge on any atom is -0.497 e. The summed E-state index contributed by atoms with van der Waals surface area (Å²) in [6.07, 6.45) is 4.15. The van der Waals surface area contributed by atoms with E-state index in [1.165, 1.54) is 19.2 Å². The summed E-state index contributed by atoms with van der Waals surface area (Å²) < 4.78 is 12.8. The van der Waals surface area contributed by atoms with E-state index in [0.29, 0.717) is 35.8 Å². The molecule has 11 heteroatoms. The number of imidazole rings is 1. The number of nitrogens with one attached hydrogen (secondary N) is 1. The predicted molar refractivity (Wildman–Crippen MR) is 188 cm³/mol. The minimum atomic E-state index is -0.436. The van der Waals surface area contributed by atoms with Crippen molar-refractivity contribution >= 4 is 28.3 Å². The van der Waals surface area contributed by atoms with Gasteiger partial charge in [0.1, 0.15) is 11.5 Å². The fourth-order valence-electron chi connectivity index (χ4n) is 5.87. The monoisotopic (exact) mass is 663 g/mol. The molecule has 1 heterocycles. The number of benzene rings is 4. The second-order valence-corrected chi connectivity index (χ2v) is 12.1. The van der Waals surface area contributed by atoms with Crippen LogP contribution >= 0.6 is 0 Å². The Balaban J connectivity index is 1.39. The van der Waals surface area contributed by atoms with E-state index in [1.807, 2.05) is 41.0 Å². The van der Waals surface area contributed by atoms with Crippen molar-refractivity contribution in [1.29, 1.82) is 0 Å². The van der Waals surface area contributed by atoms with Gasteiger partial charge in [0.15, 0.2) is 0 Å². The van der Waals surface area contributed by atoms with Gasteiger partial charge in [0.2, 0.25) is 5.91 Å². The Morgan fingerprint density at radius 1 is 1.00 bits per heavy atom. The molecule has 2 amide bonds. The van der Waals surface area contributed by atoms with E-state index in [-0.39, 0.29) is 42.4 Å². The lowest BCUT2D eigenvalue weighted by Crippen LogP contribution is -2.49. The quantitative estimate of drug-likeness (QED) is 0.101. The van der Waals surface area contributed by atoms with E-state index < -0.39 is 4.92 Å². The highest BCUT2D eigenvalue weighted by Gasteiger charge is 2.28. The van der Waals surface area contributed by atoms with Crippen LogP contribution in [-0.2, 0) is 24.3 Å². The zero-order chi connectivity index (χ0) is 34.9. The molecule has 0 aliphatic carbocycles. The van der Waals surface area contributed by atoms with Crippen LogP contribution in [0.15, 0.2) is 97.5 Å². The maximum absolute atomic E-state index is 14.4. The number of nitro benzene ring substituents is 1. The van der Waals surface area contributed by atoms with E-state index in [9.17, 15) is 19.7 Å². The molecule has 0 aliphatic rings. The van der Waals surface area contributed by atoms with Crippen molar-refractivity contribution in [2.45, 2.75) is 45.8 Å². The predicted octanol–water partition coefficient (Wildman–Crippen LogP) is 6.43. The molecule has 0 bridgehead atoms. The van der Waals surface area contributed by atoms with Gasteiger partial charge in [-0.2, -0.15) is 0 Å². The first-order valence-corrected chi connectivity index (χ1v) is 16.2. The van der Waals surface area contributed by atoms with E-state index in [4.69, 9.17) is 9.47 Å². The highest BCUT2D eigenvalue weighted by molar-refractivity contribution is 5.97. The van der Waals surface area contributed by atoms with Gasteiger partial charge >= 0.3 is 0 Å². The molecule has 0 radical (unpaired) electrons. The average Bonchev–Trinajstić information content (AvgIpc) is 3.55.